The van der Waals surface area contributed by atoms with Gasteiger partial charge < -0.3 is 0 Å². The van der Waals surface area contributed by atoms with Gasteiger partial charge in [-0.25, -0.2) is 16.8 Å². The molecule has 0 unspecified atom stereocenters. The maximum Gasteiger partial charge on any atom is 0.263 e. The van der Waals surface area contributed by atoms with E-state index < -0.39 is 20.0 Å². The van der Waals surface area contributed by atoms with Gasteiger partial charge in [0.1, 0.15) is 4.90 Å². The van der Waals surface area contributed by atoms with Crippen molar-refractivity contribution in [1.82, 2.24) is 0 Å². The predicted molar refractivity (Wildman–Crippen MR) is 118 cm³/mol. The van der Waals surface area contributed by atoms with Crippen molar-refractivity contribution in [3.05, 3.63) is 82.3 Å². The van der Waals surface area contributed by atoms with Gasteiger partial charge in [-0.3, -0.25) is 9.44 Å². The molecule has 0 bridgehead atoms. The maximum absolute atomic E-state index is 12.9. The van der Waals surface area contributed by atoms with Crippen LogP contribution in [0, 0.1) is 13.8 Å². The van der Waals surface area contributed by atoms with Gasteiger partial charge in [0.15, 0.2) is 0 Å². The van der Waals surface area contributed by atoms with Gasteiger partial charge in [-0.1, -0.05) is 30.3 Å². The van der Waals surface area contributed by atoms with Crippen molar-refractivity contribution < 1.29 is 16.8 Å². The number of sulfonamides is 2. The number of hydrogen-bond donors (Lipinski definition) is 2. The first kappa shape index (κ1) is 21.4. The normalized spacial score (nSPS) is 11.8. The molecule has 0 aliphatic carbocycles. The van der Waals surface area contributed by atoms with Crippen molar-refractivity contribution >= 4 is 47.4 Å². The first-order chi connectivity index (χ1) is 13.6. The fourth-order valence-electron chi connectivity index (χ4n) is 2.74. The molecule has 29 heavy (non-hydrogen) atoms. The van der Waals surface area contributed by atoms with E-state index >= 15 is 0 Å². The number of aryl methyl sites for hydroxylation is 2. The summed E-state index contributed by atoms with van der Waals surface area (Å²) in [6.07, 6.45) is 0. The Morgan fingerprint density at radius 2 is 1.31 bits per heavy atom. The summed E-state index contributed by atoms with van der Waals surface area (Å²) in [7, 11) is -7.80. The van der Waals surface area contributed by atoms with Crippen LogP contribution in [0.4, 0.5) is 11.4 Å². The minimum Gasteiger partial charge on any atom is -0.280 e. The van der Waals surface area contributed by atoms with Crippen LogP contribution in [0.2, 0.25) is 0 Å². The number of rotatable bonds is 6. The molecule has 6 nitrogen and oxygen atoms in total. The fraction of sp³-hybridized carbons (Fsp3) is 0.100. The van der Waals surface area contributed by atoms with Crippen LogP contribution in [0.25, 0.3) is 0 Å². The lowest BCUT2D eigenvalue weighted by atomic mass is 10.2. The lowest BCUT2D eigenvalue weighted by molar-refractivity contribution is 0.598. The second-order valence-corrected chi connectivity index (χ2v) is 10.6. The molecular formula is C20H19BrN2O4S2. The van der Waals surface area contributed by atoms with Crippen LogP contribution in [0.1, 0.15) is 11.1 Å². The minimum absolute atomic E-state index is 0.00802. The molecule has 3 aromatic rings. The van der Waals surface area contributed by atoms with Crippen LogP contribution in [0.15, 0.2) is 81.0 Å². The standard InChI is InChI=1S/C20H19BrN2O4S2/c1-14-6-5-7-16(12-14)22-29(26,27)20-13-17(11-10-15(20)2)23-28(24,25)19-9-4-3-8-18(19)21/h3-13,22-23H,1-2H3. The number of benzene rings is 3. The van der Waals surface area contributed by atoms with Crippen molar-refractivity contribution in [3.63, 3.8) is 0 Å². The van der Waals surface area contributed by atoms with E-state index in [9.17, 15) is 16.8 Å². The molecule has 2 N–H and O–H groups in total. The van der Waals surface area contributed by atoms with Gasteiger partial charge in [0.2, 0.25) is 0 Å². The van der Waals surface area contributed by atoms with Crippen LogP contribution in [0.3, 0.4) is 0 Å². The molecule has 9 heteroatoms. The van der Waals surface area contributed by atoms with Crippen LogP contribution in [0.5, 0.6) is 0 Å². The minimum atomic E-state index is -3.91. The summed E-state index contributed by atoms with van der Waals surface area (Å²) in [5.41, 5.74) is 1.99. The zero-order valence-corrected chi connectivity index (χ0v) is 18.9. The van der Waals surface area contributed by atoms with Gasteiger partial charge in [-0.15, -0.1) is 0 Å². The lowest BCUT2D eigenvalue weighted by Gasteiger charge is -2.14. The predicted octanol–water partition coefficient (Wildman–Crippen LogP) is 4.67. The van der Waals surface area contributed by atoms with Crippen molar-refractivity contribution in [2.24, 2.45) is 0 Å². The zero-order chi connectivity index (χ0) is 21.2. The molecule has 0 fully saturated rings. The van der Waals surface area contributed by atoms with E-state index in [1.54, 1.807) is 49.4 Å². The molecule has 0 heterocycles. The van der Waals surface area contributed by atoms with Crippen LogP contribution in [-0.4, -0.2) is 16.8 Å². The lowest BCUT2D eigenvalue weighted by Crippen LogP contribution is -2.17. The summed E-state index contributed by atoms with van der Waals surface area (Å²) in [5.74, 6) is 0. The highest BCUT2D eigenvalue weighted by molar-refractivity contribution is 9.10. The van der Waals surface area contributed by atoms with Crippen molar-refractivity contribution in [2.45, 2.75) is 23.6 Å². The number of halogens is 1. The van der Waals surface area contributed by atoms with E-state index in [1.807, 2.05) is 13.0 Å². The molecule has 0 spiro atoms. The molecule has 152 valence electrons. The highest BCUT2D eigenvalue weighted by Crippen LogP contribution is 2.27. The summed E-state index contributed by atoms with van der Waals surface area (Å²) >= 11 is 3.22. The van der Waals surface area contributed by atoms with E-state index in [4.69, 9.17) is 0 Å². The van der Waals surface area contributed by atoms with Gasteiger partial charge in [0.05, 0.1) is 10.6 Å². The number of hydrogen-bond acceptors (Lipinski definition) is 4. The number of anilines is 2. The largest absolute Gasteiger partial charge is 0.280 e. The zero-order valence-electron chi connectivity index (χ0n) is 15.7. The van der Waals surface area contributed by atoms with E-state index in [-0.39, 0.29) is 15.5 Å². The summed E-state index contributed by atoms with van der Waals surface area (Å²) in [4.78, 5) is 0.0502. The van der Waals surface area contributed by atoms with Crippen molar-refractivity contribution in [1.29, 1.82) is 0 Å². The monoisotopic (exact) mass is 494 g/mol. The SMILES string of the molecule is Cc1cccc(NS(=O)(=O)c2cc(NS(=O)(=O)c3ccccc3Br)ccc2C)c1. The molecule has 3 rings (SSSR count). The maximum atomic E-state index is 12.9. The Morgan fingerprint density at radius 3 is 1.97 bits per heavy atom. The second kappa shape index (κ2) is 8.17. The first-order valence-corrected chi connectivity index (χ1v) is 12.3. The second-order valence-electron chi connectivity index (χ2n) is 6.49. The molecule has 0 saturated heterocycles. The molecule has 3 aromatic carbocycles. The van der Waals surface area contributed by atoms with Gasteiger partial charge in [0.25, 0.3) is 20.0 Å². The molecule has 0 aromatic heterocycles. The highest BCUT2D eigenvalue weighted by Gasteiger charge is 2.21. The molecule has 0 atom stereocenters. The summed E-state index contributed by atoms with van der Waals surface area (Å²) < 4.78 is 56.5. The first-order valence-electron chi connectivity index (χ1n) is 8.56. The Morgan fingerprint density at radius 1 is 0.690 bits per heavy atom. The third-order valence-electron chi connectivity index (χ3n) is 4.13. The Balaban J connectivity index is 1.95. The Hall–Kier alpha value is -2.36. The molecule has 0 saturated carbocycles. The smallest absolute Gasteiger partial charge is 0.263 e. The van der Waals surface area contributed by atoms with Crippen LogP contribution < -0.4 is 9.44 Å². The molecule has 0 radical (unpaired) electrons. The third-order valence-corrected chi connectivity index (χ3v) is 8.04. The van der Waals surface area contributed by atoms with Gasteiger partial charge in [-0.05, 0) is 77.3 Å². The van der Waals surface area contributed by atoms with E-state index in [0.29, 0.717) is 15.7 Å². The highest BCUT2D eigenvalue weighted by atomic mass is 79.9. The Kier molecular flexibility index (Phi) is 6.02. The van der Waals surface area contributed by atoms with E-state index in [1.165, 1.54) is 18.2 Å². The quantitative estimate of drug-likeness (QED) is 0.520. The van der Waals surface area contributed by atoms with Crippen molar-refractivity contribution in [3.8, 4) is 0 Å². The average molecular weight is 495 g/mol. The Bertz CT molecular complexity index is 1270. The average Bonchev–Trinajstić information content (AvgIpc) is 2.63. The van der Waals surface area contributed by atoms with Gasteiger partial charge in [-0.2, -0.15) is 0 Å². The molecule has 0 aliphatic heterocycles. The molecule has 0 aliphatic rings. The summed E-state index contributed by atoms with van der Waals surface area (Å²) in [5, 5.41) is 0. The van der Waals surface area contributed by atoms with Crippen LogP contribution in [-0.2, 0) is 20.0 Å². The topological polar surface area (TPSA) is 92.3 Å². The van der Waals surface area contributed by atoms with E-state index in [0.717, 1.165) is 5.56 Å². The van der Waals surface area contributed by atoms with Crippen LogP contribution >= 0.6 is 15.9 Å². The fourth-order valence-corrected chi connectivity index (χ4v) is 6.12. The summed E-state index contributed by atoms with van der Waals surface area (Å²) in [6, 6.07) is 17.8. The molecule has 0 amide bonds. The molecular weight excluding hydrogens is 476 g/mol. The van der Waals surface area contributed by atoms with E-state index in [2.05, 4.69) is 25.4 Å². The van der Waals surface area contributed by atoms with Crippen molar-refractivity contribution in [2.75, 3.05) is 9.44 Å². The summed E-state index contributed by atoms with van der Waals surface area (Å²) in [6.45, 7) is 3.51. The van der Waals surface area contributed by atoms with Gasteiger partial charge >= 0.3 is 0 Å². The third kappa shape index (κ3) is 4.98. The van der Waals surface area contributed by atoms with Gasteiger partial charge in [0, 0.05) is 10.2 Å². The number of nitrogens with one attached hydrogen (secondary N) is 2. The Labute approximate surface area is 179 Å².